The summed E-state index contributed by atoms with van der Waals surface area (Å²) in [7, 11) is 0. The molecule has 0 aliphatic heterocycles. The molecule has 2 aromatic rings. The average Bonchev–Trinajstić information content (AvgIpc) is 2.41. The van der Waals surface area contributed by atoms with Gasteiger partial charge in [0.1, 0.15) is 5.75 Å². The van der Waals surface area contributed by atoms with Crippen molar-refractivity contribution >= 4 is 5.69 Å². The van der Waals surface area contributed by atoms with E-state index in [1.54, 1.807) is 18.2 Å². The number of phenolic OH excluding ortho intramolecular Hbond substituents is 1. The standard InChI is InChI=1S/C16H16N2O/c1-11-7-8-13(10-17)9-15(11)18-12(2)14-5-3-4-6-16(14)19/h3-9,12,18-19H,1-2H3. The van der Waals surface area contributed by atoms with Crippen LogP contribution in [0.15, 0.2) is 42.5 Å². The molecule has 0 aromatic heterocycles. The maximum atomic E-state index is 9.84. The number of hydrogen-bond acceptors (Lipinski definition) is 3. The Balaban J connectivity index is 2.27. The van der Waals surface area contributed by atoms with Gasteiger partial charge in [0.15, 0.2) is 0 Å². The molecule has 3 heteroatoms. The van der Waals surface area contributed by atoms with Crippen LogP contribution in [0, 0.1) is 18.3 Å². The fraction of sp³-hybridized carbons (Fsp3) is 0.188. The van der Waals surface area contributed by atoms with Crippen LogP contribution in [0.3, 0.4) is 0 Å². The largest absolute Gasteiger partial charge is 0.508 e. The molecule has 2 aromatic carbocycles. The highest BCUT2D eigenvalue weighted by Gasteiger charge is 2.10. The molecule has 2 rings (SSSR count). The summed E-state index contributed by atoms with van der Waals surface area (Å²) in [5.74, 6) is 0.275. The lowest BCUT2D eigenvalue weighted by Crippen LogP contribution is -2.08. The number of benzene rings is 2. The molecule has 0 heterocycles. The number of phenols is 1. The van der Waals surface area contributed by atoms with Gasteiger partial charge in [0.25, 0.3) is 0 Å². The Bertz CT molecular complexity index is 629. The van der Waals surface area contributed by atoms with Gasteiger partial charge in [-0.3, -0.25) is 0 Å². The van der Waals surface area contributed by atoms with Gasteiger partial charge in [-0.05, 0) is 37.6 Å². The summed E-state index contributed by atoms with van der Waals surface area (Å²) in [5.41, 5.74) is 3.44. The van der Waals surface area contributed by atoms with Crippen molar-refractivity contribution < 1.29 is 5.11 Å². The van der Waals surface area contributed by atoms with Crippen molar-refractivity contribution in [3.05, 3.63) is 59.2 Å². The van der Waals surface area contributed by atoms with Crippen LogP contribution >= 0.6 is 0 Å². The second-order valence-corrected chi connectivity index (χ2v) is 4.57. The van der Waals surface area contributed by atoms with E-state index in [9.17, 15) is 5.11 Å². The van der Waals surface area contributed by atoms with E-state index >= 15 is 0 Å². The Morgan fingerprint density at radius 1 is 1.21 bits per heavy atom. The Morgan fingerprint density at radius 2 is 1.95 bits per heavy atom. The van der Waals surface area contributed by atoms with E-state index in [-0.39, 0.29) is 11.8 Å². The summed E-state index contributed by atoms with van der Waals surface area (Å²) in [6.07, 6.45) is 0. The van der Waals surface area contributed by atoms with E-state index in [0.29, 0.717) is 5.56 Å². The number of nitrogens with zero attached hydrogens (tertiary/aromatic N) is 1. The van der Waals surface area contributed by atoms with Crippen molar-refractivity contribution in [3.8, 4) is 11.8 Å². The third-order valence-corrected chi connectivity index (χ3v) is 3.14. The lowest BCUT2D eigenvalue weighted by molar-refractivity contribution is 0.465. The fourth-order valence-corrected chi connectivity index (χ4v) is 2.01. The first-order chi connectivity index (χ1) is 9.11. The number of para-hydroxylation sites is 1. The molecule has 0 aliphatic rings. The second-order valence-electron chi connectivity index (χ2n) is 4.57. The molecular formula is C16H16N2O. The fourth-order valence-electron chi connectivity index (χ4n) is 2.01. The van der Waals surface area contributed by atoms with Crippen molar-refractivity contribution in [2.24, 2.45) is 0 Å². The zero-order valence-corrected chi connectivity index (χ0v) is 11.0. The van der Waals surface area contributed by atoms with E-state index in [2.05, 4.69) is 11.4 Å². The molecule has 0 fully saturated rings. The molecule has 0 saturated carbocycles. The van der Waals surface area contributed by atoms with Gasteiger partial charge in [-0.15, -0.1) is 0 Å². The molecule has 0 aliphatic carbocycles. The molecule has 0 amide bonds. The van der Waals surface area contributed by atoms with Crippen LogP contribution in [0.4, 0.5) is 5.69 Å². The Kier molecular flexibility index (Phi) is 3.72. The van der Waals surface area contributed by atoms with Gasteiger partial charge in [0, 0.05) is 11.3 Å². The van der Waals surface area contributed by atoms with E-state index < -0.39 is 0 Å². The number of aromatic hydroxyl groups is 1. The topological polar surface area (TPSA) is 56.0 Å². The van der Waals surface area contributed by atoms with Gasteiger partial charge >= 0.3 is 0 Å². The summed E-state index contributed by atoms with van der Waals surface area (Å²) in [6.45, 7) is 3.97. The minimum Gasteiger partial charge on any atom is -0.508 e. The minimum atomic E-state index is -0.0335. The number of aryl methyl sites for hydroxylation is 1. The van der Waals surface area contributed by atoms with Crippen molar-refractivity contribution in [3.63, 3.8) is 0 Å². The van der Waals surface area contributed by atoms with Crippen molar-refractivity contribution in [2.45, 2.75) is 19.9 Å². The third kappa shape index (κ3) is 2.86. The quantitative estimate of drug-likeness (QED) is 0.874. The molecule has 3 nitrogen and oxygen atoms in total. The average molecular weight is 252 g/mol. The highest BCUT2D eigenvalue weighted by Crippen LogP contribution is 2.28. The van der Waals surface area contributed by atoms with Crippen LogP contribution < -0.4 is 5.32 Å². The van der Waals surface area contributed by atoms with Crippen molar-refractivity contribution in [2.75, 3.05) is 5.32 Å². The number of rotatable bonds is 3. The zero-order valence-electron chi connectivity index (χ0n) is 11.0. The van der Waals surface area contributed by atoms with E-state index in [0.717, 1.165) is 16.8 Å². The van der Waals surface area contributed by atoms with Crippen LogP contribution in [-0.4, -0.2) is 5.11 Å². The molecule has 96 valence electrons. The molecule has 0 spiro atoms. The maximum absolute atomic E-state index is 9.84. The first-order valence-electron chi connectivity index (χ1n) is 6.17. The minimum absolute atomic E-state index is 0.0335. The lowest BCUT2D eigenvalue weighted by atomic mass is 10.1. The van der Waals surface area contributed by atoms with Gasteiger partial charge < -0.3 is 10.4 Å². The smallest absolute Gasteiger partial charge is 0.120 e. The molecular weight excluding hydrogens is 236 g/mol. The van der Waals surface area contributed by atoms with E-state index in [1.807, 2.05) is 38.1 Å². The van der Waals surface area contributed by atoms with Crippen LogP contribution in [-0.2, 0) is 0 Å². The predicted octanol–water partition coefficient (Wildman–Crippen LogP) is 3.75. The summed E-state index contributed by atoms with van der Waals surface area (Å²) < 4.78 is 0. The summed E-state index contributed by atoms with van der Waals surface area (Å²) in [4.78, 5) is 0. The molecule has 1 unspecified atom stereocenters. The van der Waals surface area contributed by atoms with Gasteiger partial charge in [0.05, 0.1) is 17.7 Å². The number of anilines is 1. The van der Waals surface area contributed by atoms with Crippen molar-refractivity contribution in [1.82, 2.24) is 0 Å². The van der Waals surface area contributed by atoms with Crippen LogP contribution in [0.2, 0.25) is 0 Å². The number of nitriles is 1. The predicted molar refractivity (Wildman–Crippen MR) is 76.0 cm³/mol. The van der Waals surface area contributed by atoms with E-state index in [4.69, 9.17) is 5.26 Å². The van der Waals surface area contributed by atoms with Crippen LogP contribution in [0.1, 0.15) is 29.7 Å². The number of nitrogens with one attached hydrogen (secondary N) is 1. The van der Waals surface area contributed by atoms with E-state index in [1.165, 1.54) is 0 Å². The third-order valence-electron chi connectivity index (χ3n) is 3.14. The van der Waals surface area contributed by atoms with Gasteiger partial charge in [-0.2, -0.15) is 5.26 Å². The maximum Gasteiger partial charge on any atom is 0.120 e. The molecule has 0 saturated heterocycles. The molecule has 0 bridgehead atoms. The van der Waals surface area contributed by atoms with Gasteiger partial charge in [-0.1, -0.05) is 24.3 Å². The SMILES string of the molecule is Cc1ccc(C#N)cc1NC(C)c1ccccc1O. The normalized spacial score (nSPS) is 11.6. The monoisotopic (exact) mass is 252 g/mol. The summed E-state index contributed by atoms with van der Waals surface area (Å²) in [6, 6.07) is 14.9. The van der Waals surface area contributed by atoms with Crippen LogP contribution in [0.5, 0.6) is 5.75 Å². The summed E-state index contributed by atoms with van der Waals surface area (Å²) in [5, 5.41) is 22.1. The summed E-state index contributed by atoms with van der Waals surface area (Å²) >= 11 is 0. The van der Waals surface area contributed by atoms with Gasteiger partial charge in [-0.25, -0.2) is 0 Å². The Hall–Kier alpha value is -2.47. The van der Waals surface area contributed by atoms with Crippen molar-refractivity contribution in [1.29, 1.82) is 5.26 Å². The Morgan fingerprint density at radius 3 is 2.63 bits per heavy atom. The molecule has 0 radical (unpaired) electrons. The zero-order chi connectivity index (χ0) is 13.8. The molecule has 1 atom stereocenters. The molecule has 2 N–H and O–H groups in total. The lowest BCUT2D eigenvalue weighted by Gasteiger charge is -2.18. The first kappa shape index (κ1) is 13.0. The first-order valence-corrected chi connectivity index (χ1v) is 6.17. The van der Waals surface area contributed by atoms with Gasteiger partial charge in [0.2, 0.25) is 0 Å². The highest BCUT2D eigenvalue weighted by atomic mass is 16.3. The second kappa shape index (κ2) is 5.45. The Labute approximate surface area is 113 Å². The van der Waals surface area contributed by atoms with Crippen LogP contribution in [0.25, 0.3) is 0 Å². The molecule has 19 heavy (non-hydrogen) atoms. The number of hydrogen-bond donors (Lipinski definition) is 2. The highest BCUT2D eigenvalue weighted by molar-refractivity contribution is 5.56.